The van der Waals surface area contributed by atoms with Crippen LogP contribution >= 0.6 is 23.4 Å². The van der Waals surface area contributed by atoms with Gasteiger partial charge in [-0.3, -0.25) is 14.5 Å². The summed E-state index contributed by atoms with van der Waals surface area (Å²) in [6.07, 6.45) is 1.19. The van der Waals surface area contributed by atoms with Gasteiger partial charge in [0.05, 0.1) is 34.7 Å². The number of hydrogen-bond donors (Lipinski definition) is 1. The van der Waals surface area contributed by atoms with Gasteiger partial charge in [0.25, 0.3) is 0 Å². The molecule has 0 spiro atoms. The third-order valence-electron chi connectivity index (χ3n) is 3.12. The molecule has 2 rings (SSSR count). The number of ether oxygens (including phenoxy) is 1. The molecular weight excluding hydrogens is 366 g/mol. The molecule has 1 fully saturated rings. The molecule has 0 aromatic heterocycles. The predicted molar refractivity (Wildman–Crippen MR) is 93.7 cm³/mol. The van der Waals surface area contributed by atoms with Gasteiger partial charge in [-0.2, -0.15) is 5.26 Å². The highest BCUT2D eigenvalue weighted by Crippen LogP contribution is 2.29. The molecule has 0 saturated carbocycles. The molecule has 0 radical (unpaired) electrons. The Hall–Kier alpha value is -2.50. The predicted octanol–water partition coefficient (Wildman–Crippen LogP) is 2.13. The zero-order chi connectivity index (χ0) is 18.4. The first-order valence-corrected chi connectivity index (χ1v) is 8.62. The SMILES string of the molecule is CCOC(=O)/C=C1\SCC(=O)N1CC(=O)Nc1cc(Cl)ccc1C#N. The number of benzene rings is 1. The topological polar surface area (TPSA) is 99.5 Å². The molecule has 0 aliphatic carbocycles. The lowest BCUT2D eigenvalue weighted by Gasteiger charge is -2.17. The first kappa shape index (κ1) is 18.8. The molecule has 1 aliphatic heterocycles. The second-order valence-electron chi connectivity index (χ2n) is 4.85. The van der Waals surface area contributed by atoms with Crippen molar-refractivity contribution in [1.29, 1.82) is 5.26 Å². The monoisotopic (exact) mass is 379 g/mol. The zero-order valence-corrected chi connectivity index (χ0v) is 14.8. The maximum atomic E-state index is 12.2. The first-order valence-electron chi connectivity index (χ1n) is 7.25. The van der Waals surface area contributed by atoms with Crippen LogP contribution in [-0.2, 0) is 19.1 Å². The second-order valence-corrected chi connectivity index (χ2v) is 6.29. The zero-order valence-electron chi connectivity index (χ0n) is 13.2. The molecule has 130 valence electrons. The lowest BCUT2D eigenvalue weighted by atomic mass is 10.2. The summed E-state index contributed by atoms with van der Waals surface area (Å²) in [6, 6.07) is 6.43. The van der Waals surface area contributed by atoms with Crippen molar-refractivity contribution in [2.24, 2.45) is 0 Å². The Morgan fingerprint density at radius 3 is 2.96 bits per heavy atom. The van der Waals surface area contributed by atoms with Gasteiger partial charge in [-0.25, -0.2) is 4.79 Å². The van der Waals surface area contributed by atoms with Crippen molar-refractivity contribution < 1.29 is 19.1 Å². The summed E-state index contributed by atoms with van der Waals surface area (Å²) < 4.78 is 4.81. The van der Waals surface area contributed by atoms with Crippen LogP contribution in [0.15, 0.2) is 29.3 Å². The van der Waals surface area contributed by atoms with E-state index in [1.165, 1.54) is 29.2 Å². The van der Waals surface area contributed by atoms with Crippen LogP contribution in [-0.4, -0.2) is 41.6 Å². The number of rotatable bonds is 5. The molecule has 1 heterocycles. The smallest absolute Gasteiger partial charge is 0.333 e. The minimum Gasteiger partial charge on any atom is -0.463 e. The fourth-order valence-electron chi connectivity index (χ4n) is 2.04. The van der Waals surface area contributed by atoms with Gasteiger partial charge in [0, 0.05) is 5.02 Å². The van der Waals surface area contributed by atoms with Gasteiger partial charge in [-0.05, 0) is 25.1 Å². The minimum absolute atomic E-state index is 0.138. The van der Waals surface area contributed by atoms with E-state index in [0.29, 0.717) is 10.1 Å². The number of anilines is 1. The van der Waals surface area contributed by atoms with Crippen LogP contribution < -0.4 is 5.32 Å². The van der Waals surface area contributed by atoms with Gasteiger partial charge in [0.15, 0.2) is 0 Å². The number of amides is 2. The third kappa shape index (κ3) is 4.98. The average molecular weight is 380 g/mol. The van der Waals surface area contributed by atoms with E-state index in [9.17, 15) is 14.4 Å². The summed E-state index contributed by atoms with van der Waals surface area (Å²) in [5, 5.41) is 12.3. The summed E-state index contributed by atoms with van der Waals surface area (Å²) in [4.78, 5) is 36.9. The molecule has 1 aliphatic rings. The highest BCUT2D eigenvalue weighted by molar-refractivity contribution is 8.04. The second kappa shape index (κ2) is 8.55. The molecule has 9 heteroatoms. The fraction of sp³-hybridized carbons (Fsp3) is 0.250. The van der Waals surface area contributed by atoms with Gasteiger partial charge in [-0.15, -0.1) is 0 Å². The van der Waals surface area contributed by atoms with E-state index in [-0.39, 0.29) is 36.1 Å². The molecule has 25 heavy (non-hydrogen) atoms. The van der Waals surface area contributed by atoms with Gasteiger partial charge in [-0.1, -0.05) is 23.4 Å². The van der Waals surface area contributed by atoms with Crippen LogP contribution in [0.4, 0.5) is 5.69 Å². The number of esters is 1. The molecule has 0 atom stereocenters. The Labute approximate surface area is 153 Å². The van der Waals surface area contributed by atoms with E-state index < -0.39 is 11.9 Å². The van der Waals surface area contributed by atoms with Crippen molar-refractivity contribution in [3.63, 3.8) is 0 Å². The molecule has 1 N–H and O–H groups in total. The number of nitriles is 1. The van der Waals surface area contributed by atoms with E-state index in [1.54, 1.807) is 6.92 Å². The summed E-state index contributed by atoms with van der Waals surface area (Å²) in [5.41, 5.74) is 0.511. The standard InChI is InChI=1S/C16H14ClN3O4S/c1-2-24-16(23)6-15-20(14(22)9-25-15)8-13(21)19-12-5-11(17)4-3-10(12)7-18/h3-6H,2,8-9H2,1H3,(H,19,21)/b15-6-. The maximum Gasteiger partial charge on any atom is 0.333 e. The Bertz CT molecular complexity index is 788. The summed E-state index contributed by atoms with van der Waals surface area (Å²) in [6.45, 7) is 1.61. The normalized spacial score (nSPS) is 15.2. The molecule has 0 bridgehead atoms. The van der Waals surface area contributed by atoms with E-state index in [2.05, 4.69) is 5.32 Å². The Morgan fingerprint density at radius 1 is 1.52 bits per heavy atom. The Kier molecular flexibility index (Phi) is 6.44. The number of carbonyl (C=O) groups is 3. The maximum absolute atomic E-state index is 12.2. The van der Waals surface area contributed by atoms with Gasteiger partial charge < -0.3 is 10.1 Å². The minimum atomic E-state index is -0.577. The van der Waals surface area contributed by atoms with E-state index in [4.69, 9.17) is 21.6 Å². The lowest BCUT2D eigenvalue weighted by Crippen LogP contribution is -2.34. The lowest BCUT2D eigenvalue weighted by molar-refractivity contribution is -0.137. The quantitative estimate of drug-likeness (QED) is 0.621. The van der Waals surface area contributed by atoms with Crippen molar-refractivity contribution in [2.75, 3.05) is 24.2 Å². The van der Waals surface area contributed by atoms with Crippen molar-refractivity contribution >= 4 is 46.8 Å². The molecule has 1 aromatic carbocycles. The van der Waals surface area contributed by atoms with Crippen molar-refractivity contribution in [1.82, 2.24) is 4.90 Å². The molecule has 1 aromatic rings. The van der Waals surface area contributed by atoms with Gasteiger partial charge >= 0.3 is 5.97 Å². The highest BCUT2D eigenvalue weighted by Gasteiger charge is 2.29. The van der Waals surface area contributed by atoms with E-state index in [1.807, 2.05) is 6.07 Å². The van der Waals surface area contributed by atoms with Crippen LogP contribution in [0.3, 0.4) is 0 Å². The van der Waals surface area contributed by atoms with Crippen LogP contribution in [0, 0.1) is 11.3 Å². The summed E-state index contributed by atoms with van der Waals surface area (Å²) in [5.74, 6) is -1.24. The highest BCUT2D eigenvalue weighted by atomic mass is 35.5. The Balaban J connectivity index is 2.11. The molecule has 1 saturated heterocycles. The largest absolute Gasteiger partial charge is 0.463 e. The van der Waals surface area contributed by atoms with Crippen molar-refractivity contribution in [2.45, 2.75) is 6.92 Å². The van der Waals surface area contributed by atoms with Gasteiger partial charge in [0.1, 0.15) is 12.6 Å². The van der Waals surface area contributed by atoms with Crippen molar-refractivity contribution in [3.05, 3.63) is 39.9 Å². The van der Waals surface area contributed by atoms with Crippen LogP contribution in [0.2, 0.25) is 5.02 Å². The number of halogens is 1. The summed E-state index contributed by atoms with van der Waals surface area (Å²) >= 11 is 7.03. The molecule has 2 amide bonds. The summed E-state index contributed by atoms with van der Waals surface area (Å²) in [7, 11) is 0. The third-order valence-corrected chi connectivity index (χ3v) is 4.38. The van der Waals surface area contributed by atoms with Crippen LogP contribution in [0.1, 0.15) is 12.5 Å². The van der Waals surface area contributed by atoms with Crippen molar-refractivity contribution in [3.8, 4) is 6.07 Å². The van der Waals surface area contributed by atoms with Crippen LogP contribution in [0.25, 0.3) is 0 Å². The number of carbonyl (C=O) groups excluding carboxylic acids is 3. The number of nitrogens with one attached hydrogen (secondary N) is 1. The Morgan fingerprint density at radius 2 is 2.28 bits per heavy atom. The molecular formula is C16H14ClN3O4S. The average Bonchev–Trinajstić information content (AvgIpc) is 2.88. The number of hydrogen-bond acceptors (Lipinski definition) is 6. The fourth-order valence-corrected chi connectivity index (χ4v) is 3.14. The number of nitrogens with zero attached hydrogens (tertiary/aromatic N) is 2. The van der Waals surface area contributed by atoms with E-state index >= 15 is 0 Å². The van der Waals surface area contributed by atoms with Crippen LogP contribution in [0.5, 0.6) is 0 Å². The molecule has 0 unspecified atom stereocenters. The van der Waals surface area contributed by atoms with E-state index in [0.717, 1.165) is 11.8 Å². The first-order chi connectivity index (χ1) is 11.9. The van der Waals surface area contributed by atoms with Gasteiger partial charge in [0.2, 0.25) is 11.8 Å². The number of thioether (sulfide) groups is 1. The molecule has 7 nitrogen and oxygen atoms in total.